The lowest BCUT2D eigenvalue weighted by atomic mass is 10.1. The number of hydrogen-bond donors (Lipinski definition) is 1. The second kappa shape index (κ2) is 7.65. The van der Waals surface area contributed by atoms with Gasteiger partial charge in [0.25, 0.3) is 0 Å². The number of benzene rings is 1. The molecule has 0 aromatic heterocycles. The molecule has 1 heterocycles. The maximum atomic E-state index is 3.50. The van der Waals surface area contributed by atoms with Crippen LogP contribution >= 0.6 is 0 Å². The highest BCUT2D eigenvalue weighted by Crippen LogP contribution is 2.17. The third-order valence-electron chi connectivity index (χ3n) is 3.90. The highest BCUT2D eigenvalue weighted by molar-refractivity contribution is 5.47. The van der Waals surface area contributed by atoms with E-state index < -0.39 is 0 Å². The van der Waals surface area contributed by atoms with Crippen LogP contribution in [0.25, 0.3) is 0 Å². The summed E-state index contributed by atoms with van der Waals surface area (Å²) >= 11 is 0. The Bertz CT molecular complexity index is 386. The van der Waals surface area contributed by atoms with Gasteiger partial charge in [0, 0.05) is 31.9 Å². The fourth-order valence-corrected chi connectivity index (χ4v) is 2.63. The number of nitrogens with zero attached hydrogens (tertiary/aromatic N) is 2. The predicted octanol–water partition coefficient (Wildman–Crippen LogP) is 2.57. The molecule has 1 aliphatic rings. The molecule has 0 bridgehead atoms. The summed E-state index contributed by atoms with van der Waals surface area (Å²) in [6.45, 7) is 11.2. The third kappa shape index (κ3) is 4.80. The quantitative estimate of drug-likeness (QED) is 0.891. The minimum Gasteiger partial charge on any atom is -0.370 e. The Morgan fingerprint density at radius 3 is 2.50 bits per heavy atom. The van der Waals surface area contributed by atoms with E-state index in [0.717, 1.165) is 26.2 Å². The normalized spacial score (nSPS) is 17.5. The molecule has 0 amide bonds. The van der Waals surface area contributed by atoms with E-state index >= 15 is 0 Å². The number of nitrogens with one attached hydrogen (secondary N) is 1. The molecule has 1 N–H and O–H groups in total. The molecular weight excluding hydrogens is 246 g/mol. The summed E-state index contributed by atoms with van der Waals surface area (Å²) in [6, 6.07) is 9.07. The maximum absolute atomic E-state index is 3.50. The van der Waals surface area contributed by atoms with Crippen LogP contribution in [0.5, 0.6) is 0 Å². The first-order valence-electron chi connectivity index (χ1n) is 7.88. The second-order valence-corrected chi connectivity index (χ2v) is 6.34. The molecule has 0 atom stereocenters. The van der Waals surface area contributed by atoms with Gasteiger partial charge in [-0.2, -0.15) is 0 Å². The minimum absolute atomic E-state index is 0.711. The van der Waals surface area contributed by atoms with Crippen molar-refractivity contribution in [2.45, 2.75) is 26.8 Å². The summed E-state index contributed by atoms with van der Waals surface area (Å²) in [5.41, 5.74) is 2.74. The van der Waals surface area contributed by atoms with Crippen LogP contribution < -0.4 is 10.2 Å². The highest BCUT2D eigenvalue weighted by atomic mass is 15.2. The Labute approximate surface area is 124 Å². The van der Waals surface area contributed by atoms with Gasteiger partial charge in [0.15, 0.2) is 0 Å². The fraction of sp³-hybridized carbons (Fsp3) is 0.647. The van der Waals surface area contributed by atoms with Crippen molar-refractivity contribution < 1.29 is 0 Å². The van der Waals surface area contributed by atoms with Crippen molar-refractivity contribution in [3.63, 3.8) is 0 Å². The van der Waals surface area contributed by atoms with Gasteiger partial charge in [0.2, 0.25) is 0 Å². The Hall–Kier alpha value is -1.06. The van der Waals surface area contributed by atoms with Crippen LogP contribution in [0.2, 0.25) is 0 Å². The summed E-state index contributed by atoms with van der Waals surface area (Å²) in [7, 11) is 2.22. The van der Waals surface area contributed by atoms with E-state index in [1.54, 1.807) is 0 Å². The summed E-state index contributed by atoms with van der Waals surface area (Å²) in [6.07, 6.45) is 1.26. The van der Waals surface area contributed by atoms with E-state index in [4.69, 9.17) is 0 Å². The molecule has 0 aliphatic carbocycles. The summed E-state index contributed by atoms with van der Waals surface area (Å²) in [5.74, 6) is 0.711. The molecule has 112 valence electrons. The lowest BCUT2D eigenvalue weighted by Crippen LogP contribution is -2.28. The average Bonchev–Trinajstić information content (AvgIpc) is 2.64. The van der Waals surface area contributed by atoms with Gasteiger partial charge in [0.1, 0.15) is 0 Å². The van der Waals surface area contributed by atoms with Crippen LogP contribution in [0.15, 0.2) is 24.3 Å². The molecule has 0 radical (unpaired) electrons. The van der Waals surface area contributed by atoms with Crippen molar-refractivity contribution in [3.05, 3.63) is 29.8 Å². The number of anilines is 1. The van der Waals surface area contributed by atoms with Crippen molar-refractivity contribution in [2.75, 3.05) is 44.7 Å². The molecule has 1 aromatic carbocycles. The molecule has 0 saturated carbocycles. The zero-order valence-electron chi connectivity index (χ0n) is 13.2. The molecule has 1 fully saturated rings. The lowest BCUT2D eigenvalue weighted by molar-refractivity contribution is 0.360. The number of rotatable bonds is 5. The Kier molecular flexibility index (Phi) is 5.86. The molecule has 3 nitrogen and oxygen atoms in total. The number of likely N-dealkylation sites (N-methyl/N-ethyl adjacent to an activating group) is 1. The SMILES string of the molecule is CC(C)CNCc1ccc(N2CCCN(C)CC2)cc1. The topological polar surface area (TPSA) is 18.5 Å². The van der Waals surface area contributed by atoms with Crippen molar-refractivity contribution in [2.24, 2.45) is 5.92 Å². The molecule has 0 unspecified atom stereocenters. The van der Waals surface area contributed by atoms with E-state index in [2.05, 4.69) is 60.3 Å². The Balaban J connectivity index is 1.87. The molecule has 1 aromatic rings. The van der Waals surface area contributed by atoms with Crippen molar-refractivity contribution in [1.29, 1.82) is 0 Å². The Morgan fingerprint density at radius 2 is 1.80 bits per heavy atom. The Morgan fingerprint density at radius 1 is 1.05 bits per heavy atom. The molecular formula is C17H29N3. The van der Waals surface area contributed by atoms with Crippen LogP contribution in [0.3, 0.4) is 0 Å². The average molecular weight is 275 g/mol. The van der Waals surface area contributed by atoms with Gasteiger partial charge in [-0.25, -0.2) is 0 Å². The first-order valence-corrected chi connectivity index (χ1v) is 7.88. The minimum atomic E-state index is 0.711. The van der Waals surface area contributed by atoms with Gasteiger partial charge in [0.05, 0.1) is 0 Å². The van der Waals surface area contributed by atoms with Gasteiger partial charge in [-0.15, -0.1) is 0 Å². The molecule has 1 aliphatic heterocycles. The molecule has 0 spiro atoms. The van der Waals surface area contributed by atoms with Crippen molar-refractivity contribution in [3.8, 4) is 0 Å². The second-order valence-electron chi connectivity index (χ2n) is 6.34. The molecule has 20 heavy (non-hydrogen) atoms. The van der Waals surface area contributed by atoms with E-state index in [-0.39, 0.29) is 0 Å². The van der Waals surface area contributed by atoms with Crippen LogP contribution in [0, 0.1) is 5.92 Å². The number of hydrogen-bond acceptors (Lipinski definition) is 3. The molecule has 1 saturated heterocycles. The monoisotopic (exact) mass is 275 g/mol. The summed E-state index contributed by atoms with van der Waals surface area (Å²) in [5, 5.41) is 3.50. The zero-order chi connectivity index (χ0) is 14.4. The zero-order valence-corrected chi connectivity index (χ0v) is 13.2. The van der Waals surface area contributed by atoms with Gasteiger partial charge in [-0.3, -0.25) is 0 Å². The van der Waals surface area contributed by atoms with Crippen molar-refractivity contribution >= 4 is 5.69 Å². The lowest BCUT2D eigenvalue weighted by Gasteiger charge is -2.23. The smallest absolute Gasteiger partial charge is 0.0366 e. The van der Waals surface area contributed by atoms with E-state index in [0.29, 0.717) is 5.92 Å². The van der Waals surface area contributed by atoms with Crippen LogP contribution in [-0.2, 0) is 6.54 Å². The van der Waals surface area contributed by atoms with Crippen LogP contribution in [0.1, 0.15) is 25.8 Å². The first kappa shape index (κ1) is 15.3. The van der Waals surface area contributed by atoms with E-state index in [1.165, 1.54) is 30.8 Å². The van der Waals surface area contributed by atoms with Crippen LogP contribution in [0.4, 0.5) is 5.69 Å². The predicted molar refractivity (Wildman–Crippen MR) is 87.3 cm³/mol. The molecule has 2 rings (SSSR count). The fourth-order valence-electron chi connectivity index (χ4n) is 2.63. The van der Waals surface area contributed by atoms with Gasteiger partial charge < -0.3 is 15.1 Å². The van der Waals surface area contributed by atoms with Gasteiger partial charge in [-0.1, -0.05) is 26.0 Å². The van der Waals surface area contributed by atoms with Crippen molar-refractivity contribution in [1.82, 2.24) is 10.2 Å². The maximum Gasteiger partial charge on any atom is 0.0366 e. The summed E-state index contributed by atoms with van der Waals surface area (Å²) < 4.78 is 0. The standard InChI is InChI=1S/C17H29N3/c1-15(2)13-18-14-16-5-7-17(8-6-16)20-10-4-9-19(3)11-12-20/h5-8,15,18H,4,9-14H2,1-3H3. The highest BCUT2D eigenvalue weighted by Gasteiger charge is 2.12. The first-order chi connectivity index (χ1) is 9.65. The third-order valence-corrected chi connectivity index (χ3v) is 3.90. The summed E-state index contributed by atoms with van der Waals surface area (Å²) in [4.78, 5) is 4.93. The van der Waals surface area contributed by atoms with E-state index in [1.807, 2.05) is 0 Å². The largest absolute Gasteiger partial charge is 0.370 e. The van der Waals surface area contributed by atoms with Crippen LogP contribution in [-0.4, -0.2) is 44.7 Å². The molecule has 3 heteroatoms. The van der Waals surface area contributed by atoms with Gasteiger partial charge >= 0.3 is 0 Å². The van der Waals surface area contributed by atoms with Gasteiger partial charge in [-0.05, 0) is 50.2 Å². The van der Waals surface area contributed by atoms with E-state index in [9.17, 15) is 0 Å².